The summed E-state index contributed by atoms with van der Waals surface area (Å²) in [6.45, 7) is 5.05. The highest BCUT2D eigenvalue weighted by atomic mass is 32.2. The van der Waals surface area contributed by atoms with Gasteiger partial charge in [-0.3, -0.25) is 9.59 Å². The molecule has 0 radical (unpaired) electrons. The molecule has 0 aliphatic rings. The van der Waals surface area contributed by atoms with Crippen LogP contribution in [0.1, 0.15) is 42.0 Å². The Bertz CT molecular complexity index is 1090. The van der Waals surface area contributed by atoms with Crippen molar-refractivity contribution in [2.75, 3.05) is 12.3 Å². The minimum absolute atomic E-state index is 0.0886. The van der Waals surface area contributed by atoms with Crippen molar-refractivity contribution in [3.05, 3.63) is 107 Å². The van der Waals surface area contributed by atoms with Crippen molar-refractivity contribution in [2.24, 2.45) is 0 Å². The number of unbranched alkanes of at least 4 members (excludes halogenated alkanes) is 1. The number of carbonyl (C=O) groups excluding carboxylic acids is 2. The van der Waals surface area contributed by atoms with Crippen LogP contribution in [0.25, 0.3) is 0 Å². The van der Waals surface area contributed by atoms with E-state index in [1.807, 2.05) is 61.5 Å². The quantitative estimate of drug-likeness (QED) is 0.293. The van der Waals surface area contributed by atoms with Crippen molar-refractivity contribution in [3.8, 4) is 0 Å². The van der Waals surface area contributed by atoms with E-state index < -0.39 is 6.04 Å². The lowest BCUT2D eigenvalue weighted by Crippen LogP contribution is -2.51. The number of nitrogens with zero attached hydrogens (tertiary/aromatic N) is 1. The number of aryl methyl sites for hydroxylation is 1. The third kappa shape index (κ3) is 8.83. The molecule has 0 bridgehead atoms. The standard InChI is InChI=1S/C30H35FN2O2S/c1-3-4-18-32-30(35)28(19-24-8-6-5-7-9-24)33(20-25-12-10-23(2)11-13-25)29(34)22-36-21-26-14-16-27(31)17-15-26/h5-17,28H,3-4,18-22H2,1-2H3,(H,32,35). The second-order valence-corrected chi connectivity index (χ2v) is 9.96. The Morgan fingerprint density at radius 2 is 1.58 bits per heavy atom. The summed E-state index contributed by atoms with van der Waals surface area (Å²) in [6, 6.07) is 23.6. The zero-order chi connectivity index (χ0) is 25.8. The highest BCUT2D eigenvalue weighted by Crippen LogP contribution is 2.19. The first kappa shape index (κ1) is 27.5. The maximum atomic E-state index is 13.6. The summed E-state index contributed by atoms with van der Waals surface area (Å²) in [7, 11) is 0. The number of hydrogen-bond acceptors (Lipinski definition) is 3. The molecular weight excluding hydrogens is 471 g/mol. The van der Waals surface area contributed by atoms with Crippen LogP contribution in [0.3, 0.4) is 0 Å². The van der Waals surface area contributed by atoms with Crippen molar-refractivity contribution >= 4 is 23.6 Å². The van der Waals surface area contributed by atoms with Gasteiger partial charge >= 0.3 is 0 Å². The van der Waals surface area contributed by atoms with E-state index in [1.54, 1.807) is 17.0 Å². The van der Waals surface area contributed by atoms with Crippen molar-refractivity contribution in [1.82, 2.24) is 10.2 Å². The topological polar surface area (TPSA) is 49.4 Å². The zero-order valence-corrected chi connectivity index (χ0v) is 21.9. The number of thioether (sulfide) groups is 1. The SMILES string of the molecule is CCCCNC(=O)C(Cc1ccccc1)N(Cc1ccc(C)cc1)C(=O)CSCc1ccc(F)cc1. The van der Waals surface area contributed by atoms with Crippen LogP contribution in [0.4, 0.5) is 4.39 Å². The van der Waals surface area contributed by atoms with Crippen molar-refractivity contribution < 1.29 is 14.0 Å². The summed E-state index contributed by atoms with van der Waals surface area (Å²) >= 11 is 1.47. The normalized spacial score (nSPS) is 11.6. The predicted molar refractivity (Wildman–Crippen MR) is 146 cm³/mol. The number of amides is 2. The third-order valence-electron chi connectivity index (χ3n) is 5.98. The van der Waals surface area contributed by atoms with E-state index in [4.69, 9.17) is 0 Å². The maximum Gasteiger partial charge on any atom is 0.243 e. The molecule has 2 amide bonds. The van der Waals surface area contributed by atoms with Crippen molar-refractivity contribution in [1.29, 1.82) is 0 Å². The summed E-state index contributed by atoms with van der Waals surface area (Å²) in [5, 5.41) is 3.05. The predicted octanol–water partition coefficient (Wildman–Crippen LogP) is 5.92. The molecule has 1 N–H and O–H groups in total. The lowest BCUT2D eigenvalue weighted by molar-refractivity contribution is -0.139. The first-order chi connectivity index (χ1) is 17.5. The van der Waals surface area contributed by atoms with Gasteiger partial charge in [-0.25, -0.2) is 4.39 Å². The highest BCUT2D eigenvalue weighted by Gasteiger charge is 2.30. The van der Waals surface area contributed by atoms with Gasteiger partial charge in [-0.05, 0) is 42.2 Å². The van der Waals surface area contributed by atoms with Gasteiger partial charge in [0.2, 0.25) is 11.8 Å². The monoisotopic (exact) mass is 506 g/mol. The van der Waals surface area contributed by atoms with Gasteiger partial charge in [0.15, 0.2) is 0 Å². The lowest BCUT2D eigenvalue weighted by Gasteiger charge is -2.31. The Balaban J connectivity index is 1.81. The minimum Gasteiger partial charge on any atom is -0.354 e. The third-order valence-corrected chi connectivity index (χ3v) is 6.97. The molecule has 0 saturated heterocycles. The van der Waals surface area contributed by atoms with Crippen molar-refractivity contribution in [2.45, 2.75) is 51.4 Å². The average molecular weight is 507 g/mol. The molecule has 36 heavy (non-hydrogen) atoms. The zero-order valence-electron chi connectivity index (χ0n) is 21.1. The van der Waals surface area contributed by atoms with Crippen LogP contribution in [0, 0.1) is 12.7 Å². The summed E-state index contributed by atoms with van der Waals surface area (Å²) in [5.74, 6) is 0.334. The lowest BCUT2D eigenvalue weighted by atomic mass is 10.0. The number of benzene rings is 3. The second-order valence-electron chi connectivity index (χ2n) is 8.98. The highest BCUT2D eigenvalue weighted by molar-refractivity contribution is 7.99. The molecule has 0 heterocycles. The molecule has 3 aromatic carbocycles. The van der Waals surface area contributed by atoms with E-state index in [0.717, 1.165) is 35.1 Å². The number of rotatable bonds is 13. The van der Waals surface area contributed by atoms with Gasteiger partial charge in [-0.2, -0.15) is 0 Å². The number of halogens is 1. The Labute approximate surface area is 218 Å². The van der Waals surface area contributed by atoms with Gasteiger partial charge in [0.05, 0.1) is 5.75 Å². The Hall–Kier alpha value is -3.12. The first-order valence-corrected chi connectivity index (χ1v) is 13.6. The second kappa shape index (κ2) is 14.4. The fourth-order valence-corrected chi connectivity index (χ4v) is 4.74. The van der Waals surface area contributed by atoms with Gasteiger partial charge in [0.25, 0.3) is 0 Å². The Morgan fingerprint density at radius 1 is 0.917 bits per heavy atom. The molecule has 0 aliphatic heterocycles. The molecule has 0 aliphatic carbocycles. The maximum absolute atomic E-state index is 13.6. The van der Waals surface area contributed by atoms with Gasteiger partial charge < -0.3 is 10.2 Å². The van der Waals surface area contributed by atoms with Crippen LogP contribution in [0.5, 0.6) is 0 Å². The van der Waals surface area contributed by atoms with E-state index >= 15 is 0 Å². The molecule has 0 fully saturated rings. The molecular formula is C30H35FN2O2S. The van der Waals surface area contributed by atoms with E-state index in [9.17, 15) is 14.0 Å². The van der Waals surface area contributed by atoms with Gasteiger partial charge in [0, 0.05) is 25.3 Å². The molecule has 4 nitrogen and oxygen atoms in total. The van der Waals surface area contributed by atoms with Crippen LogP contribution >= 0.6 is 11.8 Å². The van der Waals surface area contributed by atoms with Crippen LogP contribution in [0.15, 0.2) is 78.9 Å². The van der Waals surface area contributed by atoms with Crippen molar-refractivity contribution in [3.63, 3.8) is 0 Å². The summed E-state index contributed by atoms with van der Waals surface area (Å²) in [4.78, 5) is 28.7. The molecule has 3 aromatic rings. The van der Waals surface area contributed by atoms with Gasteiger partial charge in [-0.1, -0.05) is 85.6 Å². The molecule has 0 spiro atoms. The fourth-order valence-electron chi connectivity index (χ4n) is 3.87. The van der Waals surface area contributed by atoms with Crippen LogP contribution in [-0.4, -0.2) is 35.1 Å². The summed E-state index contributed by atoms with van der Waals surface area (Å²) < 4.78 is 13.2. The molecule has 3 rings (SSSR count). The number of hydrogen-bond donors (Lipinski definition) is 1. The van der Waals surface area contributed by atoms with Crippen LogP contribution < -0.4 is 5.32 Å². The van der Waals surface area contributed by atoms with E-state index in [1.165, 1.54) is 23.9 Å². The number of carbonyl (C=O) groups is 2. The molecule has 0 saturated carbocycles. The molecule has 6 heteroatoms. The van der Waals surface area contributed by atoms with E-state index in [0.29, 0.717) is 25.3 Å². The minimum atomic E-state index is -0.621. The molecule has 1 atom stereocenters. The summed E-state index contributed by atoms with van der Waals surface area (Å²) in [6.07, 6.45) is 2.32. The summed E-state index contributed by atoms with van der Waals surface area (Å²) in [5.41, 5.74) is 4.09. The first-order valence-electron chi connectivity index (χ1n) is 12.4. The fraction of sp³-hybridized carbons (Fsp3) is 0.333. The van der Waals surface area contributed by atoms with Crippen LogP contribution in [-0.2, 0) is 28.3 Å². The largest absolute Gasteiger partial charge is 0.354 e. The molecule has 1 unspecified atom stereocenters. The molecule has 190 valence electrons. The Kier molecular flexibility index (Phi) is 11.0. The number of nitrogens with one attached hydrogen (secondary N) is 1. The van der Waals surface area contributed by atoms with E-state index in [2.05, 4.69) is 12.2 Å². The smallest absolute Gasteiger partial charge is 0.243 e. The van der Waals surface area contributed by atoms with Crippen LogP contribution in [0.2, 0.25) is 0 Å². The Morgan fingerprint density at radius 3 is 2.25 bits per heavy atom. The molecule has 0 aromatic heterocycles. The van der Waals surface area contributed by atoms with Gasteiger partial charge in [0.1, 0.15) is 11.9 Å². The van der Waals surface area contributed by atoms with Gasteiger partial charge in [-0.15, -0.1) is 11.8 Å². The average Bonchev–Trinajstić information content (AvgIpc) is 2.89. The van der Waals surface area contributed by atoms with E-state index in [-0.39, 0.29) is 23.4 Å².